The molecule has 1 aromatic carbocycles. The van der Waals surface area contributed by atoms with Gasteiger partial charge < -0.3 is 20.1 Å². The maximum atomic E-state index is 12.4. The molecule has 5 nitrogen and oxygen atoms in total. The summed E-state index contributed by atoms with van der Waals surface area (Å²) in [5, 5.41) is 0. The van der Waals surface area contributed by atoms with E-state index < -0.39 is 6.10 Å². The van der Waals surface area contributed by atoms with E-state index in [1.54, 1.807) is 19.1 Å². The first-order valence-electron chi connectivity index (χ1n) is 6.43. The molecule has 2 N–H and O–H groups in total. The Hall–Kier alpha value is -1.59. The summed E-state index contributed by atoms with van der Waals surface area (Å²) < 4.78 is 10.9. The Morgan fingerprint density at radius 1 is 1.47 bits per heavy atom. The van der Waals surface area contributed by atoms with E-state index in [0.717, 1.165) is 18.5 Å². The summed E-state index contributed by atoms with van der Waals surface area (Å²) in [6, 6.07) is 7.43. The van der Waals surface area contributed by atoms with Crippen molar-refractivity contribution >= 4 is 11.6 Å². The van der Waals surface area contributed by atoms with Gasteiger partial charge >= 0.3 is 0 Å². The number of methoxy groups -OCH3 is 1. The summed E-state index contributed by atoms with van der Waals surface area (Å²) in [7, 11) is 3.33. The van der Waals surface area contributed by atoms with Gasteiger partial charge in [-0.15, -0.1) is 0 Å². The Labute approximate surface area is 113 Å². The summed E-state index contributed by atoms with van der Waals surface area (Å²) >= 11 is 0. The van der Waals surface area contributed by atoms with Crippen molar-refractivity contribution in [1.82, 2.24) is 0 Å². The van der Waals surface area contributed by atoms with E-state index in [9.17, 15) is 4.79 Å². The Kier molecular flexibility index (Phi) is 4.39. The molecular weight excluding hydrogens is 244 g/mol. The topological polar surface area (TPSA) is 64.8 Å². The number of benzene rings is 1. The molecule has 0 saturated carbocycles. The zero-order valence-corrected chi connectivity index (χ0v) is 11.3. The predicted molar refractivity (Wildman–Crippen MR) is 73.4 cm³/mol. The number of rotatable bonds is 4. The second-order valence-corrected chi connectivity index (χ2v) is 4.63. The molecule has 0 radical (unpaired) electrons. The quantitative estimate of drug-likeness (QED) is 0.886. The minimum absolute atomic E-state index is 0.0000175. The number of ether oxygens (including phenoxy) is 2. The lowest BCUT2D eigenvalue weighted by Crippen LogP contribution is -2.37. The third-order valence-electron chi connectivity index (χ3n) is 3.42. The van der Waals surface area contributed by atoms with Crippen LogP contribution in [0.15, 0.2) is 24.3 Å². The van der Waals surface area contributed by atoms with Crippen molar-refractivity contribution < 1.29 is 14.3 Å². The first-order chi connectivity index (χ1) is 9.17. The normalized spacial score (nSPS) is 22.3. The number of hydrogen-bond donors (Lipinski definition) is 1. The summed E-state index contributed by atoms with van der Waals surface area (Å²) in [5.41, 5.74) is 6.30. The van der Waals surface area contributed by atoms with Crippen LogP contribution in [0.25, 0.3) is 0 Å². The molecule has 1 aliphatic rings. The van der Waals surface area contributed by atoms with E-state index >= 15 is 0 Å². The third-order valence-corrected chi connectivity index (χ3v) is 3.42. The van der Waals surface area contributed by atoms with Crippen LogP contribution in [0.5, 0.6) is 5.75 Å². The molecule has 2 atom stereocenters. The number of carbonyl (C=O) groups excluding carboxylic acids is 1. The molecule has 1 aliphatic heterocycles. The largest absolute Gasteiger partial charge is 0.495 e. The monoisotopic (exact) mass is 264 g/mol. The fraction of sp³-hybridized carbons (Fsp3) is 0.500. The Morgan fingerprint density at radius 2 is 2.21 bits per heavy atom. The van der Waals surface area contributed by atoms with Gasteiger partial charge in [-0.1, -0.05) is 12.1 Å². The molecule has 1 amide bonds. The fourth-order valence-electron chi connectivity index (χ4n) is 2.30. The molecule has 1 aromatic rings. The zero-order chi connectivity index (χ0) is 13.8. The molecular formula is C14H20N2O3. The molecule has 104 valence electrons. The molecule has 1 fully saturated rings. The summed E-state index contributed by atoms with van der Waals surface area (Å²) in [6.07, 6.45) is 1.16. The lowest BCUT2D eigenvalue weighted by atomic mass is 10.1. The van der Waals surface area contributed by atoms with Crippen LogP contribution in [0.2, 0.25) is 0 Å². The minimum atomic E-state index is -0.400. The van der Waals surface area contributed by atoms with E-state index in [-0.39, 0.29) is 12.0 Å². The van der Waals surface area contributed by atoms with Gasteiger partial charge in [0.1, 0.15) is 11.9 Å². The second-order valence-electron chi connectivity index (χ2n) is 4.63. The highest BCUT2D eigenvalue weighted by Crippen LogP contribution is 2.29. The van der Waals surface area contributed by atoms with Crippen LogP contribution >= 0.6 is 0 Å². The lowest BCUT2D eigenvalue weighted by molar-refractivity contribution is -0.128. The highest BCUT2D eigenvalue weighted by atomic mass is 16.5. The number of amides is 1. The summed E-state index contributed by atoms with van der Waals surface area (Å²) in [5.74, 6) is 0.618. The molecule has 0 aromatic heterocycles. The Bertz CT molecular complexity index is 450. The van der Waals surface area contributed by atoms with Gasteiger partial charge in [0.05, 0.1) is 18.9 Å². The number of hydrogen-bond acceptors (Lipinski definition) is 4. The smallest absolute Gasteiger partial charge is 0.255 e. The molecule has 19 heavy (non-hydrogen) atoms. The van der Waals surface area contributed by atoms with Crippen molar-refractivity contribution in [3.05, 3.63) is 24.3 Å². The van der Waals surface area contributed by atoms with Gasteiger partial charge in [0.25, 0.3) is 5.91 Å². The molecule has 1 heterocycles. The van der Waals surface area contributed by atoms with E-state index in [1.165, 1.54) is 0 Å². The van der Waals surface area contributed by atoms with Crippen molar-refractivity contribution in [2.75, 3.05) is 25.6 Å². The number of para-hydroxylation sites is 2. The zero-order valence-electron chi connectivity index (χ0n) is 11.3. The number of likely N-dealkylation sites (N-methyl/N-ethyl adjacent to an activating group) is 1. The second kappa shape index (κ2) is 6.04. The van der Waals surface area contributed by atoms with Gasteiger partial charge in [0.2, 0.25) is 0 Å². The van der Waals surface area contributed by atoms with Crippen LogP contribution in [0, 0.1) is 0 Å². The van der Waals surface area contributed by atoms with Gasteiger partial charge in [-0.05, 0) is 25.0 Å². The van der Waals surface area contributed by atoms with E-state index in [2.05, 4.69) is 0 Å². The van der Waals surface area contributed by atoms with Gasteiger partial charge in [0.15, 0.2) is 0 Å². The van der Waals surface area contributed by atoms with Crippen molar-refractivity contribution in [2.45, 2.75) is 25.0 Å². The molecule has 2 unspecified atom stereocenters. The van der Waals surface area contributed by atoms with E-state index in [4.69, 9.17) is 15.2 Å². The standard InChI is InChI=1S/C14H20N2O3/c1-16(11-5-3-4-6-12(11)18-2)14(17)13-8-7-10(9-15)19-13/h3-6,10,13H,7-9,15H2,1-2H3. The minimum Gasteiger partial charge on any atom is -0.495 e. The number of carbonyl (C=O) groups is 1. The average Bonchev–Trinajstić information content (AvgIpc) is 2.94. The lowest BCUT2D eigenvalue weighted by Gasteiger charge is -2.23. The third kappa shape index (κ3) is 2.88. The average molecular weight is 264 g/mol. The Morgan fingerprint density at radius 3 is 2.84 bits per heavy atom. The highest BCUT2D eigenvalue weighted by Gasteiger charge is 2.32. The maximum Gasteiger partial charge on any atom is 0.255 e. The highest BCUT2D eigenvalue weighted by molar-refractivity contribution is 5.97. The number of nitrogens with zero attached hydrogens (tertiary/aromatic N) is 1. The Balaban J connectivity index is 2.11. The molecule has 0 bridgehead atoms. The van der Waals surface area contributed by atoms with E-state index in [1.807, 2.05) is 24.3 Å². The van der Waals surface area contributed by atoms with Crippen molar-refractivity contribution in [1.29, 1.82) is 0 Å². The first kappa shape index (κ1) is 13.8. The molecule has 0 aliphatic carbocycles. The van der Waals surface area contributed by atoms with Gasteiger partial charge in [0, 0.05) is 13.6 Å². The maximum absolute atomic E-state index is 12.4. The number of anilines is 1. The van der Waals surface area contributed by atoms with Gasteiger partial charge in [-0.25, -0.2) is 0 Å². The predicted octanol–water partition coefficient (Wildman–Crippen LogP) is 1.16. The van der Waals surface area contributed by atoms with Crippen molar-refractivity contribution in [2.24, 2.45) is 5.73 Å². The van der Waals surface area contributed by atoms with Crippen LogP contribution in [-0.2, 0) is 9.53 Å². The van der Waals surface area contributed by atoms with E-state index in [0.29, 0.717) is 12.3 Å². The summed E-state index contributed by atoms with van der Waals surface area (Å²) in [4.78, 5) is 14.0. The van der Waals surface area contributed by atoms with Crippen LogP contribution < -0.4 is 15.4 Å². The molecule has 5 heteroatoms. The first-order valence-corrected chi connectivity index (χ1v) is 6.43. The fourth-order valence-corrected chi connectivity index (χ4v) is 2.30. The van der Waals surface area contributed by atoms with Crippen LogP contribution in [-0.4, -0.2) is 38.8 Å². The summed E-state index contributed by atoms with van der Waals surface area (Å²) in [6.45, 7) is 0.460. The molecule has 0 spiro atoms. The van der Waals surface area contributed by atoms with Crippen LogP contribution in [0.1, 0.15) is 12.8 Å². The van der Waals surface area contributed by atoms with Crippen molar-refractivity contribution in [3.63, 3.8) is 0 Å². The SMILES string of the molecule is COc1ccccc1N(C)C(=O)C1CCC(CN)O1. The molecule has 2 rings (SSSR count). The van der Waals surface area contributed by atoms with Gasteiger partial charge in [-0.3, -0.25) is 4.79 Å². The van der Waals surface area contributed by atoms with Gasteiger partial charge in [-0.2, -0.15) is 0 Å². The number of nitrogens with two attached hydrogens (primary N) is 1. The van der Waals surface area contributed by atoms with Crippen molar-refractivity contribution in [3.8, 4) is 5.75 Å². The molecule has 1 saturated heterocycles. The van der Waals surface area contributed by atoms with Crippen LogP contribution in [0.3, 0.4) is 0 Å². The van der Waals surface area contributed by atoms with Crippen LogP contribution in [0.4, 0.5) is 5.69 Å².